The number of ether oxygens (including phenoxy) is 1. The van der Waals surface area contributed by atoms with Gasteiger partial charge >= 0.3 is 0 Å². The SMILES string of the molecule is CC1CN(C2CCCC2C#N)CC(C)(C)O1. The number of nitriles is 1. The average molecular weight is 222 g/mol. The van der Waals surface area contributed by atoms with Crippen LogP contribution in [0, 0.1) is 17.2 Å². The summed E-state index contributed by atoms with van der Waals surface area (Å²) in [6, 6.07) is 2.94. The topological polar surface area (TPSA) is 36.3 Å². The minimum Gasteiger partial charge on any atom is -0.370 e. The minimum absolute atomic E-state index is 0.0692. The van der Waals surface area contributed by atoms with Gasteiger partial charge in [-0.1, -0.05) is 6.42 Å². The van der Waals surface area contributed by atoms with Gasteiger partial charge in [-0.05, 0) is 33.6 Å². The Morgan fingerprint density at radius 2 is 2.12 bits per heavy atom. The van der Waals surface area contributed by atoms with Gasteiger partial charge in [-0.15, -0.1) is 0 Å². The van der Waals surface area contributed by atoms with E-state index in [2.05, 4.69) is 31.7 Å². The van der Waals surface area contributed by atoms with E-state index in [9.17, 15) is 0 Å². The van der Waals surface area contributed by atoms with Crippen molar-refractivity contribution in [2.45, 2.75) is 57.8 Å². The fourth-order valence-corrected chi connectivity index (χ4v) is 3.28. The second-order valence-electron chi connectivity index (χ2n) is 5.85. The summed E-state index contributed by atoms with van der Waals surface area (Å²) in [5, 5.41) is 9.16. The third kappa shape index (κ3) is 2.39. The number of hydrogen-bond donors (Lipinski definition) is 0. The molecule has 2 aliphatic rings. The monoisotopic (exact) mass is 222 g/mol. The van der Waals surface area contributed by atoms with Crippen molar-refractivity contribution >= 4 is 0 Å². The molecule has 3 heteroatoms. The van der Waals surface area contributed by atoms with Gasteiger partial charge in [-0.2, -0.15) is 5.26 Å². The highest BCUT2D eigenvalue weighted by molar-refractivity contribution is 4.99. The van der Waals surface area contributed by atoms with Crippen molar-refractivity contribution in [2.75, 3.05) is 13.1 Å². The van der Waals surface area contributed by atoms with Crippen LogP contribution >= 0.6 is 0 Å². The van der Waals surface area contributed by atoms with Crippen molar-refractivity contribution in [1.29, 1.82) is 5.26 Å². The van der Waals surface area contributed by atoms with Crippen molar-refractivity contribution in [3.63, 3.8) is 0 Å². The Morgan fingerprint density at radius 3 is 2.75 bits per heavy atom. The molecule has 1 aliphatic heterocycles. The summed E-state index contributed by atoms with van der Waals surface area (Å²) in [5.41, 5.74) is -0.0692. The lowest BCUT2D eigenvalue weighted by Crippen LogP contribution is -2.55. The van der Waals surface area contributed by atoms with Crippen LogP contribution in [-0.2, 0) is 4.74 Å². The van der Waals surface area contributed by atoms with Crippen LogP contribution in [0.3, 0.4) is 0 Å². The molecular weight excluding hydrogens is 200 g/mol. The Kier molecular flexibility index (Phi) is 3.23. The van der Waals surface area contributed by atoms with E-state index in [1.807, 2.05) is 0 Å². The van der Waals surface area contributed by atoms with Gasteiger partial charge in [-0.25, -0.2) is 0 Å². The highest BCUT2D eigenvalue weighted by atomic mass is 16.5. The van der Waals surface area contributed by atoms with E-state index in [1.54, 1.807) is 0 Å². The van der Waals surface area contributed by atoms with Crippen LogP contribution in [0.2, 0.25) is 0 Å². The van der Waals surface area contributed by atoms with Crippen molar-refractivity contribution in [3.05, 3.63) is 0 Å². The molecule has 0 N–H and O–H groups in total. The first-order valence-electron chi connectivity index (χ1n) is 6.33. The first-order valence-corrected chi connectivity index (χ1v) is 6.33. The molecule has 2 fully saturated rings. The largest absolute Gasteiger partial charge is 0.370 e. The zero-order chi connectivity index (χ0) is 11.8. The summed E-state index contributed by atoms with van der Waals surface area (Å²) < 4.78 is 5.91. The third-order valence-electron chi connectivity index (χ3n) is 3.71. The summed E-state index contributed by atoms with van der Waals surface area (Å²) in [6.45, 7) is 8.36. The minimum atomic E-state index is -0.0692. The predicted octanol–water partition coefficient (Wildman–Crippen LogP) is 2.18. The Morgan fingerprint density at radius 1 is 1.38 bits per heavy atom. The normalized spacial score (nSPS) is 39.5. The van der Waals surface area contributed by atoms with Gasteiger partial charge in [0.25, 0.3) is 0 Å². The summed E-state index contributed by atoms with van der Waals surface area (Å²) in [6.07, 6.45) is 3.74. The van der Waals surface area contributed by atoms with Crippen molar-refractivity contribution in [3.8, 4) is 6.07 Å². The number of nitrogens with zero attached hydrogens (tertiary/aromatic N) is 2. The highest BCUT2D eigenvalue weighted by Crippen LogP contribution is 2.33. The molecule has 1 saturated heterocycles. The quantitative estimate of drug-likeness (QED) is 0.682. The molecule has 0 radical (unpaired) electrons. The summed E-state index contributed by atoms with van der Waals surface area (Å²) in [5.74, 6) is 0.237. The second kappa shape index (κ2) is 4.35. The van der Waals surface area contributed by atoms with E-state index in [0.717, 1.165) is 19.5 Å². The van der Waals surface area contributed by atoms with Crippen LogP contribution in [0.15, 0.2) is 0 Å². The van der Waals surface area contributed by atoms with Crippen LogP contribution in [-0.4, -0.2) is 35.7 Å². The van der Waals surface area contributed by atoms with Crippen LogP contribution in [0.25, 0.3) is 0 Å². The molecule has 1 saturated carbocycles. The summed E-state index contributed by atoms with van der Waals surface area (Å²) in [7, 11) is 0. The molecule has 16 heavy (non-hydrogen) atoms. The van der Waals surface area contributed by atoms with Gasteiger partial charge in [0.15, 0.2) is 0 Å². The lowest BCUT2D eigenvalue weighted by molar-refractivity contribution is -0.139. The first-order chi connectivity index (χ1) is 7.52. The van der Waals surface area contributed by atoms with Crippen molar-refractivity contribution in [2.24, 2.45) is 5.92 Å². The molecule has 90 valence electrons. The third-order valence-corrected chi connectivity index (χ3v) is 3.71. The van der Waals surface area contributed by atoms with E-state index >= 15 is 0 Å². The standard InChI is InChI=1S/C13H22N2O/c1-10-8-15(9-13(2,3)16-10)12-6-4-5-11(12)7-14/h10-12H,4-6,8-9H2,1-3H3. The molecule has 3 atom stereocenters. The molecule has 3 nitrogen and oxygen atoms in total. The van der Waals surface area contributed by atoms with Crippen LogP contribution in [0.4, 0.5) is 0 Å². The fraction of sp³-hybridized carbons (Fsp3) is 0.923. The number of hydrogen-bond acceptors (Lipinski definition) is 3. The van der Waals surface area contributed by atoms with Crippen LogP contribution < -0.4 is 0 Å². The molecule has 1 heterocycles. The zero-order valence-electron chi connectivity index (χ0n) is 10.6. The summed E-state index contributed by atoms with van der Waals surface area (Å²) >= 11 is 0. The summed E-state index contributed by atoms with van der Waals surface area (Å²) in [4.78, 5) is 2.48. The Hall–Kier alpha value is -0.590. The van der Waals surface area contributed by atoms with Gasteiger partial charge in [0, 0.05) is 19.1 Å². The second-order valence-corrected chi connectivity index (χ2v) is 5.85. The Balaban J connectivity index is 2.06. The van der Waals surface area contributed by atoms with Gasteiger partial charge in [0.1, 0.15) is 0 Å². The molecule has 0 bridgehead atoms. The van der Waals surface area contributed by atoms with E-state index in [1.165, 1.54) is 12.8 Å². The smallest absolute Gasteiger partial charge is 0.0757 e. The molecular formula is C13H22N2O. The molecule has 0 spiro atoms. The van der Waals surface area contributed by atoms with Crippen LogP contribution in [0.1, 0.15) is 40.0 Å². The van der Waals surface area contributed by atoms with Gasteiger partial charge in [-0.3, -0.25) is 4.90 Å². The molecule has 0 aromatic rings. The first kappa shape index (κ1) is 11.9. The molecule has 2 rings (SSSR count). The Bertz CT molecular complexity index is 295. The fourth-order valence-electron chi connectivity index (χ4n) is 3.28. The van der Waals surface area contributed by atoms with E-state index in [-0.39, 0.29) is 17.6 Å². The zero-order valence-corrected chi connectivity index (χ0v) is 10.6. The van der Waals surface area contributed by atoms with E-state index in [4.69, 9.17) is 10.00 Å². The van der Waals surface area contributed by atoms with Crippen molar-refractivity contribution in [1.82, 2.24) is 4.90 Å². The molecule has 1 aliphatic carbocycles. The number of rotatable bonds is 1. The van der Waals surface area contributed by atoms with Gasteiger partial charge < -0.3 is 4.74 Å². The highest BCUT2D eigenvalue weighted by Gasteiger charge is 2.39. The Labute approximate surface area is 98.4 Å². The van der Waals surface area contributed by atoms with Crippen molar-refractivity contribution < 1.29 is 4.74 Å². The van der Waals surface area contributed by atoms with E-state index < -0.39 is 0 Å². The average Bonchev–Trinajstić information content (AvgIpc) is 2.61. The number of morpholine rings is 1. The molecule has 0 amide bonds. The maximum atomic E-state index is 9.16. The van der Waals surface area contributed by atoms with Crippen LogP contribution in [0.5, 0.6) is 0 Å². The van der Waals surface area contributed by atoms with Gasteiger partial charge in [0.2, 0.25) is 0 Å². The molecule has 0 aromatic heterocycles. The lowest BCUT2D eigenvalue weighted by atomic mass is 9.98. The maximum Gasteiger partial charge on any atom is 0.0757 e. The molecule has 0 aromatic carbocycles. The predicted molar refractivity (Wildman–Crippen MR) is 62.9 cm³/mol. The maximum absolute atomic E-state index is 9.16. The van der Waals surface area contributed by atoms with E-state index in [0.29, 0.717) is 6.04 Å². The lowest BCUT2D eigenvalue weighted by Gasteiger charge is -2.45. The molecule has 3 unspecified atom stereocenters. The van der Waals surface area contributed by atoms with Gasteiger partial charge in [0.05, 0.1) is 23.7 Å².